The van der Waals surface area contributed by atoms with Gasteiger partial charge < -0.3 is 15.0 Å². The molecule has 3 aromatic rings. The number of esters is 1. The van der Waals surface area contributed by atoms with Gasteiger partial charge in [0, 0.05) is 23.1 Å². The number of hydrogen-bond donors (Lipinski definition) is 2. The second kappa shape index (κ2) is 11.2. The number of H-pyrrole nitrogens is 1. The van der Waals surface area contributed by atoms with Crippen molar-refractivity contribution in [3.63, 3.8) is 0 Å². The molecule has 1 saturated heterocycles. The van der Waals surface area contributed by atoms with E-state index in [1.807, 2.05) is 60.7 Å². The number of anilines is 1. The molecule has 0 saturated carbocycles. The van der Waals surface area contributed by atoms with Gasteiger partial charge in [0.2, 0.25) is 5.95 Å². The van der Waals surface area contributed by atoms with Crippen molar-refractivity contribution in [3.05, 3.63) is 106 Å². The number of fused-ring (bicyclic) bond motifs is 1. The van der Waals surface area contributed by atoms with Crippen LogP contribution >= 0.6 is 24.2 Å². The SMILES string of the molecule is Cl.[N-]=[N+]=NCC1=C(C(=O)OC(c2ccccc2)c2ccccc2)N2C(=O)C(Nc3ncc[nH]3)[C@H]2SC1. The van der Waals surface area contributed by atoms with Crippen LogP contribution in [-0.4, -0.2) is 50.5 Å². The molecule has 0 aliphatic carbocycles. The lowest BCUT2D eigenvalue weighted by molar-refractivity contribution is -0.152. The number of aromatic amines is 1. The zero-order valence-electron chi connectivity index (χ0n) is 18.9. The minimum atomic E-state index is -0.667. The van der Waals surface area contributed by atoms with Gasteiger partial charge in [-0.15, -0.1) is 24.2 Å². The topological polar surface area (TPSA) is 136 Å². The zero-order chi connectivity index (χ0) is 24.2. The number of amides is 1. The van der Waals surface area contributed by atoms with Gasteiger partial charge in [0.15, 0.2) is 6.10 Å². The van der Waals surface area contributed by atoms with Gasteiger partial charge in [-0.1, -0.05) is 65.8 Å². The number of halogens is 1. The number of azide groups is 1. The molecular weight excluding hydrogens is 502 g/mol. The van der Waals surface area contributed by atoms with Crippen LogP contribution in [-0.2, 0) is 14.3 Å². The predicted octanol–water partition coefficient (Wildman–Crippen LogP) is 4.42. The van der Waals surface area contributed by atoms with Crippen LogP contribution in [0.2, 0.25) is 0 Å². The lowest BCUT2D eigenvalue weighted by Gasteiger charge is -2.49. The number of ether oxygens (including phenoxy) is 1. The molecule has 2 N–H and O–H groups in total. The van der Waals surface area contributed by atoms with Crippen LogP contribution in [0.3, 0.4) is 0 Å². The largest absolute Gasteiger partial charge is 0.448 e. The lowest BCUT2D eigenvalue weighted by Crippen LogP contribution is -2.67. The normalized spacial score (nSPS) is 18.5. The third kappa shape index (κ3) is 4.90. The third-order valence-electron chi connectivity index (χ3n) is 5.79. The van der Waals surface area contributed by atoms with Gasteiger partial charge in [0.1, 0.15) is 17.1 Å². The van der Waals surface area contributed by atoms with Crippen LogP contribution in [0.15, 0.2) is 89.4 Å². The summed E-state index contributed by atoms with van der Waals surface area (Å²) in [7, 11) is 0. The van der Waals surface area contributed by atoms with Crippen LogP contribution in [0, 0.1) is 0 Å². The fourth-order valence-electron chi connectivity index (χ4n) is 4.15. The molecule has 1 fully saturated rings. The summed E-state index contributed by atoms with van der Waals surface area (Å²) in [5.74, 6) is -0.0130. The molecule has 5 rings (SSSR count). The Hall–Kier alpha value is -3.92. The van der Waals surface area contributed by atoms with Crippen LogP contribution in [0.25, 0.3) is 10.4 Å². The number of rotatable bonds is 8. The second-order valence-corrected chi connectivity index (χ2v) is 9.02. The molecule has 0 radical (unpaired) electrons. The van der Waals surface area contributed by atoms with Crippen molar-refractivity contribution in [3.8, 4) is 0 Å². The van der Waals surface area contributed by atoms with Crippen LogP contribution < -0.4 is 5.32 Å². The number of β-lactam (4-membered cyclic amide) rings is 1. The number of imidazole rings is 1. The van der Waals surface area contributed by atoms with E-state index in [9.17, 15) is 9.59 Å². The molecule has 10 nitrogen and oxygen atoms in total. The first-order chi connectivity index (χ1) is 17.2. The Bertz CT molecular complexity index is 1260. The summed E-state index contributed by atoms with van der Waals surface area (Å²) < 4.78 is 6.04. The van der Waals surface area contributed by atoms with Crippen molar-refractivity contribution < 1.29 is 14.3 Å². The quantitative estimate of drug-likeness (QED) is 0.147. The molecular formula is C24H22ClN7O3S. The van der Waals surface area contributed by atoms with Crippen LogP contribution in [0.5, 0.6) is 0 Å². The van der Waals surface area contributed by atoms with E-state index in [2.05, 4.69) is 25.3 Å². The van der Waals surface area contributed by atoms with Crippen molar-refractivity contribution in [1.82, 2.24) is 14.9 Å². The summed E-state index contributed by atoms with van der Waals surface area (Å²) in [4.78, 5) is 38.1. The minimum absolute atomic E-state index is 0. The molecule has 36 heavy (non-hydrogen) atoms. The van der Waals surface area contributed by atoms with Gasteiger partial charge in [-0.05, 0) is 22.2 Å². The zero-order valence-corrected chi connectivity index (χ0v) is 20.5. The van der Waals surface area contributed by atoms with E-state index in [1.54, 1.807) is 12.4 Å². The standard InChI is InChI=1S/C24H21N7O3S.ClH/c25-30-28-13-17-14-35-22-18(29-24-26-11-12-27-24)21(32)31(22)19(17)23(33)34-20(15-7-3-1-4-8-15)16-9-5-2-6-10-16;/h1-12,18,20,22H,13-14H2,(H2,26,27,29);1H/t18?,22-;/m1./s1. The average molecular weight is 524 g/mol. The van der Waals surface area contributed by atoms with Gasteiger partial charge in [0.05, 0.1) is 6.54 Å². The summed E-state index contributed by atoms with van der Waals surface area (Å²) in [6.07, 6.45) is 2.58. The maximum Gasteiger partial charge on any atom is 0.356 e. The molecule has 0 bridgehead atoms. The Morgan fingerprint density at radius 1 is 1.22 bits per heavy atom. The number of nitrogens with one attached hydrogen (secondary N) is 2. The molecule has 2 aromatic carbocycles. The number of thioether (sulfide) groups is 1. The molecule has 1 amide bonds. The van der Waals surface area contributed by atoms with Gasteiger partial charge in [-0.3, -0.25) is 9.69 Å². The molecule has 2 aliphatic heterocycles. The molecule has 3 heterocycles. The highest BCUT2D eigenvalue weighted by atomic mass is 35.5. The van der Waals surface area contributed by atoms with Gasteiger partial charge in [0.25, 0.3) is 5.91 Å². The first-order valence-electron chi connectivity index (χ1n) is 10.9. The summed E-state index contributed by atoms with van der Waals surface area (Å²) in [6, 6.07) is 18.3. The Balaban J connectivity index is 0.00000304. The molecule has 0 spiro atoms. The highest BCUT2D eigenvalue weighted by Gasteiger charge is 2.54. The Morgan fingerprint density at radius 3 is 2.47 bits per heavy atom. The molecule has 2 atom stereocenters. The molecule has 184 valence electrons. The van der Waals surface area contributed by atoms with Gasteiger partial charge in [-0.2, -0.15) is 0 Å². The Morgan fingerprint density at radius 2 is 1.89 bits per heavy atom. The number of nitrogens with zero attached hydrogens (tertiary/aromatic N) is 5. The monoisotopic (exact) mass is 523 g/mol. The molecule has 12 heteroatoms. The van der Waals surface area contributed by atoms with E-state index in [4.69, 9.17) is 10.3 Å². The highest BCUT2D eigenvalue weighted by Crippen LogP contribution is 2.42. The molecule has 1 aromatic heterocycles. The van der Waals surface area contributed by atoms with E-state index in [-0.39, 0.29) is 35.9 Å². The maximum atomic E-state index is 13.6. The Labute approximate surface area is 217 Å². The maximum absolute atomic E-state index is 13.6. The number of benzene rings is 2. The van der Waals surface area contributed by atoms with E-state index in [0.717, 1.165) is 11.1 Å². The first-order valence-corrected chi connectivity index (χ1v) is 12.0. The van der Waals surface area contributed by atoms with E-state index in [0.29, 0.717) is 17.3 Å². The minimum Gasteiger partial charge on any atom is -0.448 e. The first kappa shape index (κ1) is 25.2. The van der Waals surface area contributed by atoms with Crippen molar-refractivity contribution in [1.29, 1.82) is 0 Å². The molecule has 2 aliphatic rings. The highest BCUT2D eigenvalue weighted by molar-refractivity contribution is 8.00. The fraction of sp³-hybridized carbons (Fsp3) is 0.208. The van der Waals surface area contributed by atoms with Gasteiger partial charge in [-0.25, -0.2) is 9.78 Å². The summed E-state index contributed by atoms with van der Waals surface area (Å²) in [5.41, 5.74) is 11.1. The third-order valence-corrected chi connectivity index (χ3v) is 7.13. The summed E-state index contributed by atoms with van der Waals surface area (Å²) in [6.45, 7) is -0.0257. The number of aromatic nitrogens is 2. The van der Waals surface area contributed by atoms with E-state index < -0.39 is 18.1 Å². The van der Waals surface area contributed by atoms with Gasteiger partial charge >= 0.3 is 5.97 Å². The van der Waals surface area contributed by atoms with Crippen molar-refractivity contribution in [2.75, 3.05) is 17.6 Å². The van der Waals surface area contributed by atoms with Crippen molar-refractivity contribution >= 4 is 42.0 Å². The summed E-state index contributed by atoms with van der Waals surface area (Å²) in [5, 5.41) is 6.40. The fourth-order valence-corrected chi connectivity index (χ4v) is 5.48. The number of hydrogen-bond acceptors (Lipinski definition) is 7. The number of carbonyl (C=O) groups excluding carboxylic acids is 2. The average Bonchev–Trinajstić information content (AvgIpc) is 3.43. The number of carbonyl (C=O) groups is 2. The van der Waals surface area contributed by atoms with E-state index in [1.165, 1.54) is 16.7 Å². The molecule has 1 unspecified atom stereocenters. The second-order valence-electron chi connectivity index (χ2n) is 7.92. The van der Waals surface area contributed by atoms with Crippen LogP contribution in [0.1, 0.15) is 17.2 Å². The van der Waals surface area contributed by atoms with Crippen molar-refractivity contribution in [2.24, 2.45) is 5.11 Å². The summed E-state index contributed by atoms with van der Waals surface area (Å²) >= 11 is 1.49. The Kier molecular flexibility index (Phi) is 7.84. The lowest BCUT2D eigenvalue weighted by atomic mass is 10.0. The smallest absolute Gasteiger partial charge is 0.356 e. The van der Waals surface area contributed by atoms with Crippen LogP contribution in [0.4, 0.5) is 5.95 Å². The van der Waals surface area contributed by atoms with E-state index >= 15 is 0 Å². The predicted molar refractivity (Wildman–Crippen MR) is 138 cm³/mol. The van der Waals surface area contributed by atoms with Crippen molar-refractivity contribution in [2.45, 2.75) is 17.5 Å².